The van der Waals surface area contributed by atoms with E-state index in [1.165, 1.54) is 14.0 Å². The van der Waals surface area contributed by atoms with Crippen LogP contribution < -0.4 is 10.5 Å². The number of benzene rings is 1. The Morgan fingerprint density at radius 1 is 1.52 bits per heavy atom. The molecule has 0 saturated carbocycles. The van der Waals surface area contributed by atoms with E-state index in [1.54, 1.807) is 0 Å². The van der Waals surface area contributed by atoms with Crippen LogP contribution in [0.5, 0.6) is 5.75 Å². The minimum Gasteiger partial charge on any atom is -0.490 e. The number of hydrogen-bond acceptors (Lipinski definition) is 6. The fourth-order valence-corrected chi connectivity index (χ4v) is 1.61. The Balaban J connectivity index is 3.18. The van der Waals surface area contributed by atoms with Gasteiger partial charge >= 0.3 is 17.6 Å². The number of nitrogens with two attached hydrogens (primary N) is 1. The van der Waals surface area contributed by atoms with E-state index in [1.807, 2.05) is 0 Å². The van der Waals surface area contributed by atoms with Crippen molar-refractivity contribution in [2.24, 2.45) is 5.73 Å². The van der Waals surface area contributed by atoms with Gasteiger partial charge in [0.15, 0.2) is 5.75 Å². The number of esters is 1. The molecule has 7 nitrogen and oxygen atoms in total. The molecule has 9 heteroatoms. The number of methoxy groups -OCH3 is 1. The summed E-state index contributed by atoms with van der Waals surface area (Å²) in [6.07, 6.45) is 0. The second-order valence-electron chi connectivity index (χ2n) is 4.01. The molecular formula is C12H14F2N2O5. The summed E-state index contributed by atoms with van der Waals surface area (Å²) in [6, 6.07) is 1.04. The standard InChI is InChI=1S/C12H14F2N2O5/c1-3-21-11(17)12(13,14)10(15)7-4-5-9(20-2)8(6-7)16(18)19/h4-6,10H,3,15H2,1-2H3/t10-/m1/s1. The third-order valence-electron chi connectivity index (χ3n) is 2.70. The van der Waals surface area contributed by atoms with Crippen molar-refractivity contribution in [3.63, 3.8) is 0 Å². The number of nitro groups is 1. The smallest absolute Gasteiger partial charge is 0.379 e. The average Bonchev–Trinajstić information content (AvgIpc) is 2.45. The number of nitro benzene ring substituents is 1. The zero-order valence-electron chi connectivity index (χ0n) is 11.3. The summed E-state index contributed by atoms with van der Waals surface area (Å²) < 4.78 is 36.6. The molecule has 0 unspecified atom stereocenters. The van der Waals surface area contributed by atoms with Crippen molar-refractivity contribution in [1.29, 1.82) is 0 Å². The Bertz CT molecular complexity index is 550. The van der Waals surface area contributed by atoms with E-state index in [0.29, 0.717) is 0 Å². The van der Waals surface area contributed by atoms with E-state index in [9.17, 15) is 23.7 Å². The number of rotatable bonds is 6. The first-order valence-corrected chi connectivity index (χ1v) is 5.88. The van der Waals surface area contributed by atoms with Crippen molar-refractivity contribution in [2.75, 3.05) is 13.7 Å². The molecule has 0 aliphatic heterocycles. The van der Waals surface area contributed by atoms with Crippen molar-refractivity contribution in [2.45, 2.75) is 18.9 Å². The molecule has 116 valence electrons. The molecule has 0 aliphatic rings. The zero-order chi connectivity index (χ0) is 16.2. The molecule has 0 amide bonds. The fraction of sp³-hybridized carbons (Fsp3) is 0.417. The van der Waals surface area contributed by atoms with Gasteiger partial charge in [0.25, 0.3) is 0 Å². The van der Waals surface area contributed by atoms with Crippen LogP contribution in [-0.4, -0.2) is 30.5 Å². The van der Waals surface area contributed by atoms with Crippen LogP contribution in [0.4, 0.5) is 14.5 Å². The second-order valence-corrected chi connectivity index (χ2v) is 4.01. The lowest BCUT2D eigenvalue weighted by molar-refractivity contribution is -0.385. The maximum Gasteiger partial charge on any atom is 0.379 e. The Kier molecular flexibility index (Phi) is 5.14. The maximum absolute atomic E-state index is 13.8. The third kappa shape index (κ3) is 3.43. The predicted molar refractivity (Wildman–Crippen MR) is 68.2 cm³/mol. The van der Waals surface area contributed by atoms with Crippen molar-refractivity contribution in [3.05, 3.63) is 33.9 Å². The van der Waals surface area contributed by atoms with E-state index in [2.05, 4.69) is 4.74 Å². The van der Waals surface area contributed by atoms with Gasteiger partial charge in [0.1, 0.15) is 6.04 Å². The van der Waals surface area contributed by atoms with Crippen LogP contribution in [0.2, 0.25) is 0 Å². The first-order valence-electron chi connectivity index (χ1n) is 5.88. The molecule has 0 aliphatic carbocycles. The van der Waals surface area contributed by atoms with Crippen molar-refractivity contribution >= 4 is 11.7 Å². The first-order chi connectivity index (χ1) is 9.75. The van der Waals surface area contributed by atoms with Crippen LogP contribution in [0.1, 0.15) is 18.5 Å². The monoisotopic (exact) mass is 304 g/mol. The Hall–Kier alpha value is -2.29. The lowest BCUT2D eigenvalue weighted by atomic mass is 10.0. The molecule has 1 aromatic rings. The summed E-state index contributed by atoms with van der Waals surface area (Å²) in [5, 5.41) is 10.8. The molecule has 0 spiro atoms. The number of alkyl halides is 2. The highest BCUT2D eigenvalue weighted by molar-refractivity contribution is 5.79. The van der Waals surface area contributed by atoms with Crippen LogP contribution in [0.25, 0.3) is 0 Å². The van der Waals surface area contributed by atoms with Crippen molar-refractivity contribution < 1.29 is 28.0 Å². The average molecular weight is 304 g/mol. The van der Waals surface area contributed by atoms with Crippen LogP contribution in [0, 0.1) is 10.1 Å². The second kappa shape index (κ2) is 6.44. The van der Waals surface area contributed by atoms with Gasteiger partial charge in [0, 0.05) is 6.07 Å². The van der Waals surface area contributed by atoms with Gasteiger partial charge in [-0.3, -0.25) is 10.1 Å². The number of ether oxygens (including phenoxy) is 2. The van der Waals surface area contributed by atoms with Gasteiger partial charge in [-0.2, -0.15) is 8.78 Å². The van der Waals surface area contributed by atoms with Gasteiger partial charge in [-0.15, -0.1) is 0 Å². The third-order valence-corrected chi connectivity index (χ3v) is 2.70. The van der Waals surface area contributed by atoms with Gasteiger partial charge < -0.3 is 15.2 Å². The minimum absolute atomic E-state index is 0.101. The molecule has 1 atom stereocenters. The van der Waals surface area contributed by atoms with Crippen molar-refractivity contribution in [3.8, 4) is 5.75 Å². The van der Waals surface area contributed by atoms with Crippen molar-refractivity contribution in [1.82, 2.24) is 0 Å². The van der Waals surface area contributed by atoms with Crippen LogP contribution >= 0.6 is 0 Å². The van der Waals surface area contributed by atoms with Gasteiger partial charge in [-0.1, -0.05) is 6.07 Å². The fourth-order valence-electron chi connectivity index (χ4n) is 1.61. The Labute approximate surface area is 118 Å². The first kappa shape index (κ1) is 16.8. The molecule has 2 N–H and O–H groups in total. The lowest BCUT2D eigenvalue weighted by Crippen LogP contribution is -2.41. The number of hydrogen-bond donors (Lipinski definition) is 1. The van der Waals surface area contributed by atoms with Crippen LogP contribution in [-0.2, 0) is 9.53 Å². The molecule has 0 radical (unpaired) electrons. The number of nitrogens with zero attached hydrogens (tertiary/aromatic N) is 1. The zero-order valence-corrected chi connectivity index (χ0v) is 11.3. The minimum atomic E-state index is -4.00. The van der Waals surface area contributed by atoms with E-state index < -0.39 is 28.5 Å². The molecular weight excluding hydrogens is 290 g/mol. The molecule has 1 aromatic carbocycles. The Morgan fingerprint density at radius 2 is 2.14 bits per heavy atom. The van der Waals surface area contributed by atoms with E-state index in [-0.39, 0.29) is 17.9 Å². The maximum atomic E-state index is 13.8. The molecule has 0 saturated heterocycles. The molecule has 1 rings (SSSR count). The van der Waals surface area contributed by atoms with Gasteiger partial charge in [0.05, 0.1) is 18.6 Å². The largest absolute Gasteiger partial charge is 0.490 e. The SMILES string of the molecule is CCOC(=O)C(F)(F)[C@H](N)c1ccc(OC)c([N+](=O)[O-])c1. The summed E-state index contributed by atoms with van der Waals surface area (Å²) in [6.45, 7) is 1.14. The summed E-state index contributed by atoms with van der Waals surface area (Å²) in [5.41, 5.74) is 4.55. The van der Waals surface area contributed by atoms with Gasteiger partial charge in [0.2, 0.25) is 0 Å². The summed E-state index contributed by atoms with van der Waals surface area (Å²) in [4.78, 5) is 21.3. The van der Waals surface area contributed by atoms with E-state index in [0.717, 1.165) is 18.2 Å². The summed E-state index contributed by atoms with van der Waals surface area (Å²) in [5.74, 6) is -5.88. The molecule has 0 aromatic heterocycles. The predicted octanol–water partition coefficient (Wildman–Crippen LogP) is 1.80. The normalized spacial score (nSPS) is 12.6. The topological polar surface area (TPSA) is 105 Å². The van der Waals surface area contributed by atoms with Crippen LogP contribution in [0.3, 0.4) is 0 Å². The van der Waals surface area contributed by atoms with Gasteiger partial charge in [-0.25, -0.2) is 4.79 Å². The molecule has 21 heavy (non-hydrogen) atoms. The molecule has 0 bridgehead atoms. The number of halogens is 2. The van der Waals surface area contributed by atoms with Gasteiger partial charge in [-0.05, 0) is 18.6 Å². The van der Waals surface area contributed by atoms with E-state index >= 15 is 0 Å². The highest BCUT2D eigenvalue weighted by Gasteiger charge is 2.48. The quantitative estimate of drug-likeness (QED) is 0.488. The van der Waals surface area contributed by atoms with Crippen LogP contribution in [0.15, 0.2) is 18.2 Å². The summed E-state index contributed by atoms with van der Waals surface area (Å²) >= 11 is 0. The Morgan fingerprint density at radius 3 is 2.62 bits per heavy atom. The summed E-state index contributed by atoms with van der Waals surface area (Å²) in [7, 11) is 1.20. The molecule has 0 fully saturated rings. The molecule has 0 heterocycles. The number of carbonyl (C=O) groups excluding carboxylic acids is 1. The lowest BCUT2D eigenvalue weighted by Gasteiger charge is -2.21. The highest BCUT2D eigenvalue weighted by atomic mass is 19.3. The highest BCUT2D eigenvalue weighted by Crippen LogP contribution is 2.35. The van der Waals surface area contributed by atoms with E-state index in [4.69, 9.17) is 10.5 Å². The number of carbonyl (C=O) groups is 1.